The zero-order valence-corrected chi connectivity index (χ0v) is 31.7. The minimum atomic E-state index is -0.303. The number of fused-ring (bicyclic) bond motifs is 8. The fourth-order valence-corrected chi connectivity index (χ4v) is 7.24. The summed E-state index contributed by atoms with van der Waals surface area (Å²) in [4.78, 5) is 50.9. The van der Waals surface area contributed by atoms with Crippen LogP contribution in [0.15, 0.2) is 122 Å². The lowest BCUT2D eigenvalue weighted by Gasteiger charge is -2.08. The number of carbonyl (C=O) groups is 2. The van der Waals surface area contributed by atoms with Crippen LogP contribution in [0.5, 0.6) is 11.5 Å². The lowest BCUT2D eigenvalue weighted by molar-refractivity contribution is -0.134. The lowest BCUT2D eigenvalue weighted by atomic mass is 10.0. The van der Waals surface area contributed by atoms with Crippen LogP contribution < -0.4 is 9.47 Å². The van der Waals surface area contributed by atoms with Crippen LogP contribution in [0, 0.1) is 0 Å². The molecule has 10 nitrogen and oxygen atoms in total. The predicted molar refractivity (Wildman–Crippen MR) is 228 cm³/mol. The number of hydrogen-bond acceptors (Lipinski definition) is 8. The molecular formula is C48H36N6O4. The fourth-order valence-electron chi connectivity index (χ4n) is 7.24. The molecule has 0 radical (unpaired) electrons. The van der Waals surface area contributed by atoms with Gasteiger partial charge in [-0.15, -0.1) is 0 Å². The minimum absolute atomic E-state index is 0.275. The molecule has 0 fully saturated rings. The molecule has 2 aliphatic rings. The second kappa shape index (κ2) is 15.4. The molecule has 2 N–H and O–H groups in total. The fraction of sp³-hybridized carbons (Fsp3) is 0.0833. The Bertz CT molecular complexity index is 2730. The van der Waals surface area contributed by atoms with E-state index in [0.717, 1.165) is 89.4 Å². The molecule has 0 aliphatic carbocycles. The van der Waals surface area contributed by atoms with Crippen molar-refractivity contribution in [3.05, 3.63) is 145 Å². The summed E-state index contributed by atoms with van der Waals surface area (Å²) in [5.41, 5.74) is 13.6. The molecule has 282 valence electrons. The Morgan fingerprint density at radius 3 is 1.02 bits per heavy atom. The van der Waals surface area contributed by atoms with Crippen LogP contribution in [-0.4, -0.2) is 41.8 Å². The van der Waals surface area contributed by atoms with Gasteiger partial charge in [-0.25, -0.2) is 9.97 Å². The summed E-state index contributed by atoms with van der Waals surface area (Å²) in [6, 6.07) is 31.1. The SMILES string of the molecule is CCC(=O)Oc1ccc(-c2c3nc(c(-c4ccncc4)c4ccc([nH]4)c(-c4ccncc4)c4nc(c(-c5ccc(OC(=O)CC)cc5)c5ccc2[nH]5)C=C4)C=C3)cc1. The average Bonchev–Trinajstić information content (AvgIpc) is 4.11. The third-order valence-electron chi connectivity index (χ3n) is 10.0. The van der Waals surface area contributed by atoms with Crippen LogP contribution in [0.1, 0.15) is 49.5 Å². The van der Waals surface area contributed by atoms with Gasteiger partial charge in [-0.2, -0.15) is 0 Å². The Morgan fingerprint density at radius 1 is 0.431 bits per heavy atom. The number of rotatable bonds is 8. The molecular weight excluding hydrogens is 725 g/mol. The average molecular weight is 761 g/mol. The second-order valence-corrected chi connectivity index (χ2v) is 13.7. The molecule has 10 heteroatoms. The van der Waals surface area contributed by atoms with E-state index in [1.165, 1.54) is 0 Å². The van der Waals surface area contributed by atoms with Crippen molar-refractivity contribution in [2.45, 2.75) is 26.7 Å². The summed E-state index contributed by atoms with van der Waals surface area (Å²) in [6.45, 7) is 3.53. The largest absolute Gasteiger partial charge is 0.427 e. The Labute approximate surface area is 333 Å². The van der Waals surface area contributed by atoms with Crippen molar-refractivity contribution in [3.63, 3.8) is 0 Å². The van der Waals surface area contributed by atoms with E-state index < -0.39 is 0 Å². The van der Waals surface area contributed by atoms with Crippen molar-refractivity contribution < 1.29 is 19.1 Å². The number of aromatic amines is 2. The molecule has 0 saturated carbocycles. The van der Waals surface area contributed by atoms with Gasteiger partial charge in [-0.3, -0.25) is 19.6 Å². The molecule has 0 unspecified atom stereocenters. The first-order valence-corrected chi connectivity index (χ1v) is 19.0. The number of hydrogen-bond donors (Lipinski definition) is 2. The van der Waals surface area contributed by atoms with Gasteiger partial charge in [0.25, 0.3) is 0 Å². The van der Waals surface area contributed by atoms with Gasteiger partial charge >= 0.3 is 11.9 Å². The van der Waals surface area contributed by atoms with E-state index in [-0.39, 0.29) is 24.8 Å². The van der Waals surface area contributed by atoms with E-state index in [9.17, 15) is 9.59 Å². The Morgan fingerprint density at radius 2 is 0.724 bits per heavy atom. The number of aromatic nitrogens is 6. The number of H-pyrrole nitrogens is 2. The predicted octanol–water partition coefficient (Wildman–Crippen LogP) is 10.7. The first-order chi connectivity index (χ1) is 28.4. The number of esters is 2. The zero-order chi connectivity index (χ0) is 39.6. The van der Waals surface area contributed by atoms with Crippen LogP contribution in [-0.2, 0) is 9.59 Å². The third-order valence-corrected chi connectivity index (χ3v) is 10.0. The van der Waals surface area contributed by atoms with E-state index >= 15 is 0 Å². The highest BCUT2D eigenvalue weighted by Gasteiger charge is 2.19. The highest BCUT2D eigenvalue weighted by molar-refractivity contribution is 5.99. The van der Waals surface area contributed by atoms with Gasteiger partial charge in [0.05, 0.1) is 22.8 Å². The summed E-state index contributed by atoms with van der Waals surface area (Å²) < 4.78 is 11.0. The summed E-state index contributed by atoms with van der Waals surface area (Å²) in [6.07, 6.45) is 15.8. The molecule has 5 aromatic heterocycles. The topological polar surface area (TPSA) is 136 Å². The van der Waals surface area contributed by atoms with Crippen LogP contribution in [0.3, 0.4) is 0 Å². The van der Waals surface area contributed by atoms with Crippen LogP contribution in [0.2, 0.25) is 0 Å². The quantitative estimate of drug-likeness (QED) is 0.115. The van der Waals surface area contributed by atoms with Crippen LogP contribution >= 0.6 is 0 Å². The summed E-state index contributed by atoms with van der Waals surface area (Å²) in [7, 11) is 0. The molecule has 0 spiro atoms. The van der Waals surface area contributed by atoms with E-state index in [2.05, 4.69) is 32.1 Å². The first kappa shape index (κ1) is 35.9. The highest BCUT2D eigenvalue weighted by Crippen LogP contribution is 2.38. The third kappa shape index (κ3) is 6.99. The zero-order valence-electron chi connectivity index (χ0n) is 31.7. The minimum Gasteiger partial charge on any atom is -0.427 e. The van der Waals surface area contributed by atoms with E-state index in [1.807, 2.05) is 85.0 Å². The number of carbonyl (C=O) groups excluding carboxylic acids is 2. The van der Waals surface area contributed by atoms with Gasteiger partial charge in [0, 0.05) is 81.9 Å². The van der Waals surface area contributed by atoms with Crippen molar-refractivity contribution >= 4 is 58.3 Å². The molecule has 0 saturated heterocycles. The molecule has 9 rings (SSSR count). The smallest absolute Gasteiger partial charge is 0.310 e. The van der Waals surface area contributed by atoms with E-state index in [1.54, 1.807) is 62.9 Å². The van der Waals surface area contributed by atoms with Crippen molar-refractivity contribution in [3.8, 4) is 56.0 Å². The van der Waals surface area contributed by atoms with Gasteiger partial charge in [-0.1, -0.05) is 38.1 Å². The Balaban J connectivity index is 1.38. The molecule has 0 atom stereocenters. The Hall–Kier alpha value is -7.72. The van der Waals surface area contributed by atoms with Crippen LogP contribution in [0.25, 0.3) is 90.9 Å². The summed E-state index contributed by atoms with van der Waals surface area (Å²) in [5.74, 6) is 0.326. The number of ether oxygens (including phenoxy) is 2. The van der Waals surface area contributed by atoms with Crippen molar-refractivity contribution in [2.75, 3.05) is 0 Å². The monoisotopic (exact) mass is 760 g/mol. The molecule has 8 bridgehead atoms. The van der Waals surface area contributed by atoms with Crippen molar-refractivity contribution in [2.24, 2.45) is 0 Å². The molecule has 7 aromatic rings. The van der Waals surface area contributed by atoms with Gasteiger partial charge in [0.15, 0.2) is 0 Å². The normalized spacial score (nSPS) is 11.8. The molecule has 2 aromatic carbocycles. The molecule has 2 aliphatic heterocycles. The Kier molecular flexibility index (Phi) is 9.56. The number of nitrogens with zero attached hydrogens (tertiary/aromatic N) is 4. The molecule has 7 heterocycles. The molecule has 0 amide bonds. The standard InChI is InChI=1S/C48H36N6O4/c1-3-43(55)57-33-9-5-29(6-10-33)45-35-13-14-36(51-35)46(30-7-11-34(12-8-30)58-44(56)4-2)38-16-18-40(53-38)48(32-23-27-50-28-24-32)42-20-19-41(54-42)47(31-21-25-49-26-22-31)39-17-15-37(45)52-39/h5-28,51,54H,3-4H2,1-2H3. The summed E-state index contributed by atoms with van der Waals surface area (Å²) >= 11 is 0. The number of nitrogens with one attached hydrogen (secondary N) is 2. The maximum absolute atomic E-state index is 12.1. The van der Waals surface area contributed by atoms with E-state index in [4.69, 9.17) is 19.4 Å². The van der Waals surface area contributed by atoms with Crippen molar-refractivity contribution in [1.82, 2.24) is 29.9 Å². The maximum Gasteiger partial charge on any atom is 0.310 e. The van der Waals surface area contributed by atoms with Crippen molar-refractivity contribution in [1.29, 1.82) is 0 Å². The van der Waals surface area contributed by atoms with Gasteiger partial charge in [0.1, 0.15) is 11.5 Å². The van der Waals surface area contributed by atoms with Gasteiger partial charge in [0.2, 0.25) is 0 Å². The number of benzene rings is 2. The second-order valence-electron chi connectivity index (χ2n) is 13.7. The molecule has 58 heavy (non-hydrogen) atoms. The lowest BCUT2D eigenvalue weighted by Crippen LogP contribution is -2.05. The van der Waals surface area contributed by atoms with Gasteiger partial charge in [-0.05, 0) is 119 Å². The maximum atomic E-state index is 12.1. The van der Waals surface area contributed by atoms with E-state index in [0.29, 0.717) is 11.5 Å². The highest BCUT2D eigenvalue weighted by atomic mass is 16.5. The summed E-state index contributed by atoms with van der Waals surface area (Å²) in [5, 5.41) is 0. The number of pyridine rings is 2. The van der Waals surface area contributed by atoms with Crippen LogP contribution in [0.4, 0.5) is 0 Å². The first-order valence-electron chi connectivity index (χ1n) is 19.0. The van der Waals surface area contributed by atoms with Gasteiger partial charge < -0.3 is 19.4 Å².